The average molecular weight is 427 g/mol. The third kappa shape index (κ3) is 2.73. The Morgan fingerprint density at radius 3 is 2.42 bits per heavy atom. The maximum absolute atomic E-state index is 14.1. The van der Waals surface area contributed by atoms with Crippen LogP contribution in [0.1, 0.15) is 5.56 Å². The number of hydrogen-bond acceptors (Lipinski definition) is 0. The lowest BCUT2D eigenvalue weighted by molar-refractivity contribution is 0.639. The van der Waals surface area contributed by atoms with Gasteiger partial charge in [-0.05, 0) is 51.4 Å². The number of rotatable bonds is 3. The van der Waals surface area contributed by atoms with E-state index in [1.807, 2.05) is 18.3 Å². The fourth-order valence-corrected chi connectivity index (χ4v) is 4.00. The topological polar surface area (TPSA) is 4.93 Å². The Hall–Kier alpha value is -2.14. The van der Waals surface area contributed by atoms with Gasteiger partial charge in [0.05, 0.1) is 5.52 Å². The van der Waals surface area contributed by atoms with Gasteiger partial charge in [0, 0.05) is 21.7 Å². The molecular formula is C21H15FIN. The van der Waals surface area contributed by atoms with Crippen LogP contribution in [0, 0.1) is 9.39 Å². The average Bonchev–Trinajstić information content (AvgIpc) is 2.93. The highest BCUT2D eigenvalue weighted by atomic mass is 127. The van der Waals surface area contributed by atoms with Gasteiger partial charge in [-0.15, -0.1) is 0 Å². The van der Waals surface area contributed by atoms with Crippen LogP contribution in [0.15, 0.2) is 79.0 Å². The molecule has 1 aromatic heterocycles. The first-order chi connectivity index (χ1) is 11.7. The molecule has 118 valence electrons. The molecule has 0 aliphatic rings. The van der Waals surface area contributed by atoms with Crippen molar-refractivity contribution in [3.63, 3.8) is 0 Å². The minimum atomic E-state index is -0.160. The molecule has 0 saturated heterocycles. The number of benzene rings is 3. The molecule has 0 atom stereocenters. The normalized spacial score (nSPS) is 11.1. The van der Waals surface area contributed by atoms with E-state index in [0.29, 0.717) is 11.9 Å². The molecule has 4 aromatic rings. The number of fused-ring (bicyclic) bond motifs is 1. The van der Waals surface area contributed by atoms with Crippen LogP contribution in [0.5, 0.6) is 0 Å². The van der Waals surface area contributed by atoms with Crippen LogP contribution in [0.3, 0.4) is 0 Å². The first kappa shape index (κ1) is 15.4. The van der Waals surface area contributed by atoms with E-state index in [0.717, 1.165) is 9.09 Å². The van der Waals surface area contributed by atoms with E-state index in [1.165, 1.54) is 22.8 Å². The van der Waals surface area contributed by atoms with Crippen LogP contribution >= 0.6 is 22.6 Å². The van der Waals surface area contributed by atoms with Crippen molar-refractivity contribution in [1.82, 2.24) is 4.57 Å². The van der Waals surface area contributed by atoms with Gasteiger partial charge in [-0.2, -0.15) is 0 Å². The van der Waals surface area contributed by atoms with Crippen molar-refractivity contribution in [2.75, 3.05) is 0 Å². The number of hydrogen-bond donors (Lipinski definition) is 0. The second-order valence-corrected chi connectivity index (χ2v) is 6.92. The van der Waals surface area contributed by atoms with Gasteiger partial charge in [0.15, 0.2) is 0 Å². The highest BCUT2D eigenvalue weighted by Crippen LogP contribution is 2.29. The molecule has 3 aromatic carbocycles. The van der Waals surface area contributed by atoms with Crippen LogP contribution in [-0.4, -0.2) is 4.57 Å². The zero-order valence-electron chi connectivity index (χ0n) is 12.9. The molecule has 1 nitrogen and oxygen atoms in total. The molecule has 0 bridgehead atoms. The second-order valence-electron chi connectivity index (χ2n) is 5.76. The maximum atomic E-state index is 14.1. The lowest BCUT2D eigenvalue weighted by Crippen LogP contribution is -2.00. The molecule has 0 spiro atoms. The van der Waals surface area contributed by atoms with Gasteiger partial charge < -0.3 is 4.57 Å². The molecule has 24 heavy (non-hydrogen) atoms. The molecule has 0 radical (unpaired) electrons. The van der Waals surface area contributed by atoms with E-state index in [4.69, 9.17) is 0 Å². The van der Waals surface area contributed by atoms with Crippen LogP contribution in [0.25, 0.3) is 22.0 Å². The summed E-state index contributed by atoms with van der Waals surface area (Å²) in [6.45, 7) is 0.716. The van der Waals surface area contributed by atoms with Crippen molar-refractivity contribution in [2.24, 2.45) is 0 Å². The summed E-state index contributed by atoms with van der Waals surface area (Å²) in [5, 5.41) is 0.704. The lowest BCUT2D eigenvalue weighted by Gasteiger charge is -2.12. The zero-order chi connectivity index (χ0) is 16.5. The van der Waals surface area contributed by atoms with Crippen LogP contribution < -0.4 is 0 Å². The van der Waals surface area contributed by atoms with E-state index in [-0.39, 0.29) is 5.82 Å². The predicted octanol–water partition coefficient (Wildman–Crippen LogP) is 6.10. The Morgan fingerprint density at radius 2 is 1.58 bits per heavy atom. The third-order valence-electron chi connectivity index (χ3n) is 4.25. The Balaban J connectivity index is 1.82. The molecule has 0 saturated carbocycles. The Bertz CT molecular complexity index is 1000. The summed E-state index contributed by atoms with van der Waals surface area (Å²) in [6.07, 6.45) is 2.02. The van der Waals surface area contributed by atoms with Crippen molar-refractivity contribution in [2.45, 2.75) is 6.54 Å². The van der Waals surface area contributed by atoms with Crippen LogP contribution in [-0.2, 0) is 6.54 Å². The maximum Gasteiger partial charge on any atom is 0.133 e. The van der Waals surface area contributed by atoms with Gasteiger partial charge in [-0.3, -0.25) is 0 Å². The van der Waals surface area contributed by atoms with Crippen molar-refractivity contribution in [3.05, 3.63) is 93.9 Å². The van der Waals surface area contributed by atoms with E-state index in [1.54, 1.807) is 6.07 Å². The fourth-order valence-electron chi connectivity index (χ4n) is 3.13. The smallest absolute Gasteiger partial charge is 0.133 e. The minimum Gasteiger partial charge on any atom is -0.342 e. The SMILES string of the molecule is Fc1cccc2c1c(I)cn2Cc1ccccc1-c1ccccc1. The van der Waals surface area contributed by atoms with Gasteiger partial charge in [0.2, 0.25) is 0 Å². The molecule has 0 fully saturated rings. The highest BCUT2D eigenvalue weighted by molar-refractivity contribution is 14.1. The van der Waals surface area contributed by atoms with Crippen molar-refractivity contribution >= 4 is 33.5 Å². The molecule has 0 unspecified atom stereocenters. The summed E-state index contributed by atoms with van der Waals surface area (Å²) in [4.78, 5) is 0. The Kier molecular flexibility index (Phi) is 4.10. The molecule has 0 aliphatic heterocycles. The minimum absolute atomic E-state index is 0.160. The molecule has 0 amide bonds. The third-order valence-corrected chi connectivity index (χ3v) is 5.07. The summed E-state index contributed by atoms with van der Waals surface area (Å²) in [6, 6.07) is 24.0. The molecule has 1 heterocycles. The van der Waals surface area contributed by atoms with Gasteiger partial charge in [-0.25, -0.2) is 4.39 Å². The fraction of sp³-hybridized carbons (Fsp3) is 0.0476. The predicted molar refractivity (Wildman–Crippen MR) is 106 cm³/mol. The summed E-state index contributed by atoms with van der Waals surface area (Å²) in [5.41, 5.74) is 4.57. The molecule has 0 N–H and O–H groups in total. The largest absolute Gasteiger partial charge is 0.342 e. The first-order valence-electron chi connectivity index (χ1n) is 7.80. The summed E-state index contributed by atoms with van der Waals surface area (Å²) < 4.78 is 17.2. The second kappa shape index (κ2) is 6.40. The van der Waals surface area contributed by atoms with Crippen LogP contribution in [0.2, 0.25) is 0 Å². The Morgan fingerprint density at radius 1 is 0.833 bits per heavy atom. The van der Waals surface area contributed by atoms with Gasteiger partial charge in [0.25, 0.3) is 0 Å². The van der Waals surface area contributed by atoms with E-state index in [2.05, 4.69) is 75.7 Å². The van der Waals surface area contributed by atoms with Crippen molar-refractivity contribution < 1.29 is 4.39 Å². The lowest BCUT2D eigenvalue weighted by atomic mass is 10.00. The van der Waals surface area contributed by atoms with Gasteiger partial charge >= 0.3 is 0 Å². The molecular weight excluding hydrogens is 412 g/mol. The standard InChI is InChI=1S/C21H15FIN/c22-18-11-6-12-20-21(18)19(23)14-24(20)13-16-9-4-5-10-17(16)15-7-2-1-3-8-15/h1-12,14H,13H2. The van der Waals surface area contributed by atoms with E-state index < -0.39 is 0 Å². The number of aromatic nitrogens is 1. The Labute approximate surface area is 153 Å². The van der Waals surface area contributed by atoms with Gasteiger partial charge in [0.1, 0.15) is 5.82 Å². The zero-order valence-corrected chi connectivity index (χ0v) is 15.1. The van der Waals surface area contributed by atoms with Crippen LogP contribution in [0.4, 0.5) is 4.39 Å². The van der Waals surface area contributed by atoms with Crippen molar-refractivity contribution in [1.29, 1.82) is 0 Å². The molecule has 4 rings (SSSR count). The summed E-state index contributed by atoms with van der Waals surface area (Å²) in [5.74, 6) is -0.160. The summed E-state index contributed by atoms with van der Waals surface area (Å²) >= 11 is 2.21. The quantitative estimate of drug-likeness (QED) is 0.348. The number of halogens is 2. The van der Waals surface area contributed by atoms with Gasteiger partial charge in [-0.1, -0.05) is 60.7 Å². The van der Waals surface area contributed by atoms with E-state index >= 15 is 0 Å². The molecule has 0 aliphatic carbocycles. The monoisotopic (exact) mass is 427 g/mol. The highest BCUT2D eigenvalue weighted by Gasteiger charge is 2.12. The van der Waals surface area contributed by atoms with E-state index in [9.17, 15) is 4.39 Å². The first-order valence-corrected chi connectivity index (χ1v) is 8.88. The number of nitrogens with zero attached hydrogens (tertiary/aromatic N) is 1. The van der Waals surface area contributed by atoms with Crippen molar-refractivity contribution in [3.8, 4) is 11.1 Å². The summed E-state index contributed by atoms with van der Waals surface area (Å²) in [7, 11) is 0. The molecule has 3 heteroatoms.